The summed E-state index contributed by atoms with van der Waals surface area (Å²) in [5.41, 5.74) is 6.20. The number of ether oxygens (including phenoxy) is 3. The number of rotatable bonds is 6. The van der Waals surface area contributed by atoms with Gasteiger partial charge in [-0.25, -0.2) is 0 Å². The molecule has 0 spiro atoms. The number of nitrogens with two attached hydrogens (primary N) is 1. The van der Waals surface area contributed by atoms with Gasteiger partial charge in [0.2, 0.25) is 5.91 Å². The lowest BCUT2D eigenvalue weighted by Gasteiger charge is -2.34. The van der Waals surface area contributed by atoms with Crippen LogP contribution in [0.4, 0.5) is 0 Å². The molecule has 1 aromatic rings. The van der Waals surface area contributed by atoms with Crippen molar-refractivity contribution in [3.05, 3.63) is 23.8 Å². The van der Waals surface area contributed by atoms with Crippen molar-refractivity contribution in [1.29, 1.82) is 0 Å². The van der Waals surface area contributed by atoms with Crippen LogP contribution in [-0.2, 0) is 16.1 Å². The quantitative estimate of drug-likeness (QED) is 0.817. The Labute approximate surface area is 143 Å². The minimum atomic E-state index is -0.523. The van der Waals surface area contributed by atoms with E-state index in [0.29, 0.717) is 39.1 Å². The summed E-state index contributed by atoms with van der Waals surface area (Å²) in [6, 6.07) is 5.51. The third-order valence-electron chi connectivity index (χ3n) is 4.25. The molecule has 0 bridgehead atoms. The van der Waals surface area contributed by atoms with E-state index < -0.39 is 5.41 Å². The molecule has 1 fully saturated rings. The molecular formula is C16H25ClN2O4. The van der Waals surface area contributed by atoms with E-state index in [4.69, 9.17) is 19.9 Å². The molecule has 0 saturated carbocycles. The van der Waals surface area contributed by atoms with Gasteiger partial charge in [0.25, 0.3) is 0 Å². The number of halogens is 1. The third kappa shape index (κ3) is 4.50. The molecule has 2 rings (SSSR count). The first-order chi connectivity index (χ1) is 10.6. The van der Waals surface area contributed by atoms with Gasteiger partial charge in [0, 0.05) is 31.9 Å². The van der Waals surface area contributed by atoms with Gasteiger partial charge in [-0.3, -0.25) is 4.79 Å². The molecule has 0 unspecified atom stereocenters. The summed E-state index contributed by atoms with van der Waals surface area (Å²) in [6.07, 6.45) is 1.31. The zero-order chi connectivity index (χ0) is 16.0. The van der Waals surface area contributed by atoms with Crippen LogP contribution >= 0.6 is 12.4 Å². The number of hydrogen-bond acceptors (Lipinski definition) is 5. The normalized spacial score (nSPS) is 16.1. The lowest BCUT2D eigenvalue weighted by atomic mass is 9.79. The summed E-state index contributed by atoms with van der Waals surface area (Å²) >= 11 is 0. The minimum Gasteiger partial charge on any atom is -0.497 e. The first kappa shape index (κ1) is 19.5. The SMILES string of the molecule is COc1ccc(OC)c(CNC(=O)C2(CN)CCOCC2)c1.Cl. The molecule has 0 aromatic heterocycles. The van der Waals surface area contributed by atoms with Crippen LogP contribution in [0.1, 0.15) is 18.4 Å². The maximum Gasteiger partial charge on any atom is 0.227 e. The predicted molar refractivity (Wildman–Crippen MR) is 90.2 cm³/mol. The van der Waals surface area contributed by atoms with Crippen LogP contribution in [0.25, 0.3) is 0 Å². The average Bonchev–Trinajstić information content (AvgIpc) is 2.59. The number of carbonyl (C=O) groups excluding carboxylic acids is 1. The van der Waals surface area contributed by atoms with Crippen molar-refractivity contribution in [2.24, 2.45) is 11.1 Å². The standard InChI is InChI=1S/C16H24N2O4.ClH/c1-20-13-3-4-14(21-2)12(9-13)10-18-15(19)16(11-17)5-7-22-8-6-16;/h3-4,9H,5-8,10-11,17H2,1-2H3,(H,18,19);1H. The van der Waals surface area contributed by atoms with E-state index in [1.807, 2.05) is 18.2 Å². The van der Waals surface area contributed by atoms with Crippen molar-refractivity contribution in [1.82, 2.24) is 5.32 Å². The van der Waals surface area contributed by atoms with Gasteiger partial charge in [0.15, 0.2) is 0 Å². The predicted octanol–water partition coefficient (Wildman–Crippen LogP) is 1.50. The van der Waals surface area contributed by atoms with Gasteiger partial charge in [-0.05, 0) is 31.0 Å². The molecule has 0 aliphatic carbocycles. The summed E-state index contributed by atoms with van der Waals surface area (Å²) < 4.78 is 15.9. The largest absolute Gasteiger partial charge is 0.497 e. The fourth-order valence-electron chi connectivity index (χ4n) is 2.67. The van der Waals surface area contributed by atoms with E-state index >= 15 is 0 Å². The Hall–Kier alpha value is -1.50. The molecule has 0 radical (unpaired) electrons. The molecule has 7 heteroatoms. The highest BCUT2D eigenvalue weighted by molar-refractivity contribution is 5.85. The number of methoxy groups -OCH3 is 2. The molecule has 0 atom stereocenters. The first-order valence-electron chi connectivity index (χ1n) is 7.42. The highest BCUT2D eigenvalue weighted by atomic mass is 35.5. The summed E-state index contributed by atoms with van der Waals surface area (Å²) in [4.78, 5) is 12.6. The number of benzene rings is 1. The van der Waals surface area contributed by atoms with Gasteiger partial charge in [-0.15, -0.1) is 12.4 Å². The van der Waals surface area contributed by atoms with Crippen LogP contribution in [-0.4, -0.2) is 39.9 Å². The van der Waals surface area contributed by atoms with Crippen LogP contribution in [0.15, 0.2) is 18.2 Å². The van der Waals surface area contributed by atoms with E-state index in [1.54, 1.807) is 14.2 Å². The molecular weight excluding hydrogens is 320 g/mol. The lowest BCUT2D eigenvalue weighted by molar-refractivity contribution is -0.136. The molecule has 1 heterocycles. The van der Waals surface area contributed by atoms with E-state index in [9.17, 15) is 4.79 Å². The van der Waals surface area contributed by atoms with Crippen LogP contribution in [0, 0.1) is 5.41 Å². The molecule has 1 aromatic carbocycles. The second kappa shape index (κ2) is 8.96. The van der Waals surface area contributed by atoms with Crippen molar-refractivity contribution in [2.45, 2.75) is 19.4 Å². The molecule has 6 nitrogen and oxygen atoms in total. The van der Waals surface area contributed by atoms with Gasteiger partial charge in [-0.2, -0.15) is 0 Å². The van der Waals surface area contributed by atoms with E-state index in [0.717, 1.165) is 17.1 Å². The van der Waals surface area contributed by atoms with Crippen molar-refractivity contribution in [2.75, 3.05) is 34.0 Å². The minimum absolute atomic E-state index is 0. The molecule has 23 heavy (non-hydrogen) atoms. The second-order valence-corrected chi connectivity index (χ2v) is 5.46. The molecule has 1 amide bonds. The Bertz CT molecular complexity index is 519. The van der Waals surface area contributed by atoms with Gasteiger partial charge in [0.1, 0.15) is 11.5 Å². The van der Waals surface area contributed by atoms with Gasteiger partial charge >= 0.3 is 0 Å². The van der Waals surface area contributed by atoms with Gasteiger partial charge in [0.05, 0.1) is 19.6 Å². The Kier molecular flexibility index (Phi) is 7.61. The Morgan fingerprint density at radius 1 is 1.30 bits per heavy atom. The Balaban J connectivity index is 0.00000264. The molecule has 1 aliphatic heterocycles. The smallest absolute Gasteiger partial charge is 0.227 e. The number of nitrogens with one attached hydrogen (secondary N) is 1. The topological polar surface area (TPSA) is 82.8 Å². The lowest BCUT2D eigenvalue weighted by Crippen LogP contribution is -2.49. The fourth-order valence-corrected chi connectivity index (χ4v) is 2.67. The zero-order valence-electron chi connectivity index (χ0n) is 13.6. The molecule has 3 N–H and O–H groups in total. The van der Waals surface area contributed by atoms with Crippen LogP contribution in [0.5, 0.6) is 11.5 Å². The average molecular weight is 345 g/mol. The first-order valence-corrected chi connectivity index (χ1v) is 7.42. The van der Waals surface area contributed by atoms with Crippen LogP contribution in [0.3, 0.4) is 0 Å². The monoisotopic (exact) mass is 344 g/mol. The summed E-state index contributed by atoms with van der Waals surface area (Å²) in [7, 11) is 3.21. The Morgan fingerprint density at radius 2 is 2.00 bits per heavy atom. The third-order valence-corrected chi connectivity index (χ3v) is 4.25. The molecule has 130 valence electrons. The number of carbonyl (C=O) groups is 1. The summed E-state index contributed by atoms with van der Waals surface area (Å²) in [5.74, 6) is 1.42. The molecule has 1 saturated heterocycles. The maximum atomic E-state index is 12.6. The maximum absolute atomic E-state index is 12.6. The van der Waals surface area contributed by atoms with E-state index in [-0.39, 0.29) is 18.3 Å². The van der Waals surface area contributed by atoms with Crippen molar-refractivity contribution in [3.63, 3.8) is 0 Å². The Morgan fingerprint density at radius 3 is 2.57 bits per heavy atom. The second-order valence-electron chi connectivity index (χ2n) is 5.46. The van der Waals surface area contributed by atoms with Gasteiger partial charge in [-0.1, -0.05) is 0 Å². The van der Waals surface area contributed by atoms with Crippen LogP contribution < -0.4 is 20.5 Å². The van der Waals surface area contributed by atoms with Gasteiger partial charge < -0.3 is 25.3 Å². The van der Waals surface area contributed by atoms with E-state index in [2.05, 4.69) is 5.32 Å². The highest BCUT2D eigenvalue weighted by Crippen LogP contribution is 2.30. The highest BCUT2D eigenvalue weighted by Gasteiger charge is 2.38. The summed E-state index contributed by atoms with van der Waals surface area (Å²) in [5, 5.41) is 2.98. The van der Waals surface area contributed by atoms with Crippen molar-refractivity contribution >= 4 is 18.3 Å². The van der Waals surface area contributed by atoms with Crippen molar-refractivity contribution in [3.8, 4) is 11.5 Å². The zero-order valence-corrected chi connectivity index (χ0v) is 14.4. The number of hydrogen-bond donors (Lipinski definition) is 2. The van der Waals surface area contributed by atoms with Crippen LogP contribution in [0.2, 0.25) is 0 Å². The molecule has 1 aliphatic rings. The number of amides is 1. The summed E-state index contributed by atoms with van der Waals surface area (Å²) in [6.45, 7) is 1.86. The van der Waals surface area contributed by atoms with E-state index in [1.165, 1.54) is 0 Å². The fraction of sp³-hybridized carbons (Fsp3) is 0.562. The van der Waals surface area contributed by atoms with Crippen molar-refractivity contribution < 1.29 is 19.0 Å².